The Kier molecular flexibility index (Phi) is 5.56. The van der Waals surface area contributed by atoms with E-state index in [-0.39, 0.29) is 12.5 Å². The Morgan fingerprint density at radius 1 is 1.10 bits per heavy atom. The molecule has 4 rings (SSSR count). The van der Waals surface area contributed by atoms with Gasteiger partial charge in [-0.3, -0.25) is 4.79 Å². The van der Waals surface area contributed by atoms with E-state index < -0.39 is 5.82 Å². The Balaban J connectivity index is 1.75. The number of aromatic nitrogens is 4. The lowest BCUT2D eigenvalue weighted by Gasteiger charge is -2.22. The first-order valence-electron chi connectivity index (χ1n) is 9.47. The smallest absolute Gasteiger partial charge is 0.258 e. The minimum absolute atomic E-state index is 0.0853. The van der Waals surface area contributed by atoms with Gasteiger partial charge >= 0.3 is 0 Å². The normalized spacial score (nSPS) is 11.0. The molecule has 4 aromatic rings. The van der Waals surface area contributed by atoms with Gasteiger partial charge in [0, 0.05) is 11.3 Å². The fourth-order valence-corrected chi connectivity index (χ4v) is 3.32. The van der Waals surface area contributed by atoms with Gasteiger partial charge in [0.1, 0.15) is 11.6 Å². The number of benzene rings is 2. The highest BCUT2D eigenvalue weighted by Gasteiger charge is 2.21. The summed E-state index contributed by atoms with van der Waals surface area (Å²) in [5.41, 5.74) is 2.32. The Hall–Kier alpha value is -3.52. The summed E-state index contributed by atoms with van der Waals surface area (Å²) < 4.78 is 20.1. The monoisotopic (exact) mass is 439 g/mol. The molecule has 31 heavy (non-hydrogen) atoms. The lowest BCUT2D eigenvalue weighted by Crippen LogP contribution is -2.31. The second-order valence-electron chi connectivity index (χ2n) is 6.93. The fraction of sp³-hybridized carbons (Fsp3) is 0.182. The summed E-state index contributed by atoms with van der Waals surface area (Å²) in [5.74, 6) is 0.724. The molecule has 0 saturated heterocycles. The third-order valence-electron chi connectivity index (χ3n) is 4.87. The molecule has 0 aliphatic carbocycles. The van der Waals surface area contributed by atoms with Crippen LogP contribution in [0.2, 0.25) is 5.02 Å². The Morgan fingerprint density at radius 3 is 2.42 bits per heavy atom. The average Bonchev–Trinajstić information content (AvgIpc) is 3.18. The van der Waals surface area contributed by atoms with E-state index >= 15 is 0 Å². The Morgan fingerprint density at radius 2 is 1.77 bits per heavy atom. The molecule has 0 radical (unpaired) electrons. The highest BCUT2D eigenvalue weighted by atomic mass is 35.5. The Bertz CT molecular complexity index is 1260. The number of fused-ring (bicyclic) bond motifs is 1. The molecular formula is C22H19ClFN5O2. The van der Waals surface area contributed by atoms with Crippen LogP contribution in [-0.2, 0) is 6.54 Å². The minimum atomic E-state index is -0.414. The molecule has 2 heterocycles. The summed E-state index contributed by atoms with van der Waals surface area (Å²) in [6, 6.07) is 12.4. The number of ether oxygens (including phenoxy) is 1. The number of aryl methyl sites for hydroxylation is 2. The molecule has 1 amide bonds. The van der Waals surface area contributed by atoms with E-state index in [1.54, 1.807) is 42.8 Å². The van der Waals surface area contributed by atoms with E-state index in [0.29, 0.717) is 45.0 Å². The minimum Gasteiger partial charge on any atom is -0.497 e. The van der Waals surface area contributed by atoms with E-state index in [1.807, 2.05) is 6.92 Å². The van der Waals surface area contributed by atoms with Crippen LogP contribution in [0.3, 0.4) is 0 Å². The van der Waals surface area contributed by atoms with Crippen molar-refractivity contribution in [2.45, 2.75) is 20.4 Å². The van der Waals surface area contributed by atoms with Gasteiger partial charge in [0.05, 0.1) is 30.1 Å². The van der Waals surface area contributed by atoms with Crippen LogP contribution in [0.25, 0.3) is 5.78 Å². The lowest BCUT2D eigenvalue weighted by atomic mass is 10.1. The highest BCUT2D eigenvalue weighted by molar-refractivity contribution is 6.31. The van der Waals surface area contributed by atoms with Crippen LogP contribution in [0.15, 0.2) is 48.5 Å². The fourth-order valence-electron chi connectivity index (χ4n) is 3.20. The predicted octanol–water partition coefficient (Wildman–Crippen LogP) is 4.39. The number of carbonyl (C=O) groups excluding carboxylic acids is 1. The molecule has 0 bridgehead atoms. The van der Waals surface area contributed by atoms with Crippen LogP contribution in [0.1, 0.15) is 27.6 Å². The molecule has 0 N–H and O–H groups in total. The average molecular weight is 440 g/mol. The topological polar surface area (TPSA) is 72.6 Å². The number of nitrogens with zero attached hydrogens (tertiary/aromatic N) is 5. The second-order valence-corrected chi connectivity index (χ2v) is 7.31. The molecule has 0 spiro atoms. The molecule has 9 heteroatoms. The van der Waals surface area contributed by atoms with E-state index in [2.05, 4.69) is 15.1 Å². The van der Waals surface area contributed by atoms with Crippen molar-refractivity contribution in [1.82, 2.24) is 19.6 Å². The summed E-state index contributed by atoms with van der Waals surface area (Å²) >= 11 is 6.28. The molecule has 2 aromatic carbocycles. The molecule has 7 nitrogen and oxygen atoms in total. The summed E-state index contributed by atoms with van der Waals surface area (Å²) in [6.45, 7) is 3.71. The third-order valence-corrected chi connectivity index (χ3v) is 5.42. The number of halogens is 2. The maximum Gasteiger partial charge on any atom is 0.258 e. The van der Waals surface area contributed by atoms with Gasteiger partial charge in [-0.15, -0.1) is 5.10 Å². The standard InChI is InChI=1S/C22H19ClFN5O2/c1-13-20(23)14(2)29-22(25-13)26-19(27-29)12-28(17-8-10-18(31-3)11-9-17)21(30)15-4-6-16(24)7-5-15/h4-11H,12H2,1-3H3. The molecule has 2 aromatic heterocycles. The molecule has 0 unspecified atom stereocenters. The molecule has 0 atom stereocenters. The van der Waals surface area contributed by atoms with Gasteiger partial charge in [-0.2, -0.15) is 9.50 Å². The quantitative estimate of drug-likeness (QED) is 0.461. The molecular weight excluding hydrogens is 421 g/mol. The van der Waals surface area contributed by atoms with Gasteiger partial charge in [-0.1, -0.05) is 11.6 Å². The molecule has 0 fully saturated rings. The van der Waals surface area contributed by atoms with Gasteiger partial charge in [0.15, 0.2) is 5.82 Å². The van der Waals surface area contributed by atoms with Crippen molar-refractivity contribution in [3.63, 3.8) is 0 Å². The van der Waals surface area contributed by atoms with Gasteiger partial charge < -0.3 is 9.64 Å². The number of rotatable bonds is 5. The number of anilines is 1. The Labute approximate surface area is 183 Å². The second kappa shape index (κ2) is 8.31. The SMILES string of the molecule is COc1ccc(N(Cc2nc3nc(C)c(Cl)c(C)n3n2)C(=O)c2ccc(F)cc2)cc1. The van der Waals surface area contributed by atoms with Crippen molar-refractivity contribution in [2.24, 2.45) is 0 Å². The summed E-state index contributed by atoms with van der Waals surface area (Å²) in [7, 11) is 1.57. The zero-order valence-corrected chi connectivity index (χ0v) is 17.9. The predicted molar refractivity (Wildman–Crippen MR) is 115 cm³/mol. The number of methoxy groups -OCH3 is 1. The first kappa shape index (κ1) is 20.7. The van der Waals surface area contributed by atoms with Gasteiger partial charge in [0.2, 0.25) is 0 Å². The van der Waals surface area contributed by atoms with Crippen molar-refractivity contribution < 1.29 is 13.9 Å². The van der Waals surface area contributed by atoms with Crippen LogP contribution in [0.5, 0.6) is 5.75 Å². The number of carbonyl (C=O) groups is 1. The number of hydrogen-bond acceptors (Lipinski definition) is 5. The van der Waals surface area contributed by atoms with Crippen molar-refractivity contribution in [3.05, 3.63) is 82.1 Å². The van der Waals surface area contributed by atoms with Crippen LogP contribution in [-0.4, -0.2) is 32.6 Å². The van der Waals surface area contributed by atoms with Crippen molar-refractivity contribution in [1.29, 1.82) is 0 Å². The van der Waals surface area contributed by atoms with Crippen molar-refractivity contribution in [3.8, 4) is 5.75 Å². The van der Waals surface area contributed by atoms with Gasteiger partial charge in [-0.25, -0.2) is 9.37 Å². The van der Waals surface area contributed by atoms with Crippen LogP contribution in [0, 0.1) is 19.7 Å². The number of hydrogen-bond donors (Lipinski definition) is 0. The summed E-state index contributed by atoms with van der Waals surface area (Å²) in [4.78, 5) is 23.6. The van der Waals surface area contributed by atoms with Gasteiger partial charge in [0.25, 0.3) is 11.7 Å². The largest absolute Gasteiger partial charge is 0.497 e. The van der Waals surface area contributed by atoms with E-state index in [0.717, 1.165) is 0 Å². The van der Waals surface area contributed by atoms with Crippen LogP contribution in [0.4, 0.5) is 10.1 Å². The van der Waals surface area contributed by atoms with Crippen LogP contribution >= 0.6 is 11.6 Å². The molecule has 158 valence electrons. The first-order chi connectivity index (χ1) is 14.9. The van der Waals surface area contributed by atoms with Crippen molar-refractivity contribution in [2.75, 3.05) is 12.0 Å². The van der Waals surface area contributed by atoms with E-state index in [9.17, 15) is 9.18 Å². The summed E-state index contributed by atoms with van der Waals surface area (Å²) in [6.07, 6.45) is 0. The lowest BCUT2D eigenvalue weighted by molar-refractivity contribution is 0.0984. The van der Waals surface area contributed by atoms with Crippen molar-refractivity contribution >= 4 is 29.0 Å². The van der Waals surface area contributed by atoms with Crippen LogP contribution < -0.4 is 9.64 Å². The zero-order chi connectivity index (χ0) is 22.1. The van der Waals surface area contributed by atoms with Gasteiger partial charge in [-0.05, 0) is 62.4 Å². The maximum absolute atomic E-state index is 13.3. The molecule has 0 aliphatic rings. The highest BCUT2D eigenvalue weighted by Crippen LogP contribution is 2.24. The molecule has 0 aliphatic heterocycles. The maximum atomic E-state index is 13.3. The molecule has 0 saturated carbocycles. The first-order valence-corrected chi connectivity index (χ1v) is 9.85. The zero-order valence-electron chi connectivity index (χ0n) is 17.1. The summed E-state index contributed by atoms with van der Waals surface area (Å²) in [5, 5.41) is 5.00. The number of amides is 1. The van der Waals surface area contributed by atoms with E-state index in [1.165, 1.54) is 29.2 Å². The third kappa shape index (κ3) is 4.06. The van der Waals surface area contributed by atoms with E-state index in [4.69, 9.17) is 16.3 Å².